The molecule has 0 aromatic heterocycles. The summed E-state index contributed by atoms with van der Waals surface area (Å²) in [4.78, 5) is 13.0. The molecule has 0 unspecified atom stereocenters. The fourth-order valence-electron chi connectivity index (χ4n) is 5.19. The van der Waals surface area contributed by atoms with E-state index in [1.165, 1.54) is 0 Å². The van der Waals surface area contributed by atoms with Gasteiger partial charge in [-0.3, -0.25) is 4.79 Å². The molecular weight excluding hydrogens is 432 g/mol. The van der Waals surface area contributed by atoms with Gasteiger partial charge in [0.1, 0.15) is 0 Å². The first-order valence-electron chi connectivity index (χ1n) is 10.7. The van der Waals surface area contributed by atoms with E-state index in [-0.39, 0.29) is 44.4 Å². The van der Waals surface area contributed by atoms with Crippen molar-refractivity contribution in [1.29, 1.82) is 0 Å². The van der Waals surface area contributed by atoms with Crippen molar-refractivity contribution in [3.05, 3.63) is 41.0 Å². The molecule has 0 saturated carbocycles. The Morgan fingerprint density at radius 3 is 2.21 bits per heavy atom. The van der Waals surface area contributed by atoms with Crippen LogP contribution in [0.1, 0.15) is 28.7 Å². The summed E-state index contributed by atoms with van der Waals surface area (Å²) in [6.45, 7) is 0.377. The molecule has 2 aromatic rings. The van der Waals surface area contributed by atoms with E-state index in [4.69, 9.17) is 33.2 Å². The molecule has 3 aliphatic rings. The van der Waals surface area contributed by atoms with Crippen LogP contribution in [0.5, 0.6) is 28.7 Å². The zero-order valence-corrected chi connectivity index (χ0v) is 18.7. The number of carbonyl (C=O) groups is 1. The van der Waals surface area contributed by atoms with Crippen molar-refractivity contribution < 1.29 is 43.1 Å². The highest BCUT2D eigenvalue weighted by Gasteiger charge is 2.53. The Hall–Kier alpha value is -3.17. The van der Waals surface area contributed by atoms with E-state index < -0.39 is 12.0 Å². The molecule has 9 heteroatoms. The Bertz CT molecular complexity index is 1040. The minimum atomic E-state index is -0.496. The Kier molecular flexibility index (Phi) is 5.67. The number of hydrogen-bond donors (Lipinski definition) is 1. The fraction of sp³-hybridized carbons (Fsp3) is 0.458. The number of rotatable bonds is 7. The molecule has 2 aliphatic heterocycles. The second-order valence-corrected chi connectivity index (χ2v) is 8.11. The van der Waals surface area contributed by atoms with Gasteiger partial charge in [-0.2, -0.15) is 0 Å². The Balaban J connectivity index is 1.72. The maximum absolute atomic E-state index is 13.0. The van der Waals surface area contributed by atoms with Gasteiger partial charge >= 0.3 is 5.97 Å². The third kappa shape index (κ3) is 3.43. The highest BCUT2D eigenvalue weighted by Crippen LogP contribution is 2.56. The molecule has 4 atom stereocenters. The van der Waals surface area contributed by atoms with Crippen LogP contribution in [0, 0.1) is 11.8 Å². The Morgan fingerprint density at radius 1 is 0.939 bits per heavy atom. The molecule has 1 saturated heterocycles. The number of aliphatic hydroxyl groups is 1. The largest absolute Gasteiger partial charge is 0.493 e. The van der Waals surface area contributed by atoms with Crippen molar-refractivity contribution >= 4 is 5.97 Å². The van der Waals surface area contributed by atoms with Gasteiger partial charge in [0, 0.05) is 11.8 Å². The molecule has 2 heterocycles. The molecule has 9 nitrogen and oxygen atoms in total. The second kappa shape index (κ2) is 8.64. The lowest BCUT2D eigenvalue weighted by molar-refractivity contribution is -0.141. The Labute approximate surface area is 191 Å². The first-order valence-corrected chi connectivity index (χ1v) is 10.7. The summed E-state index contributed by atoms with van der Waals surface area (Å²) in [6, 6.07) is 7.53. The monoisotopic (exact) mass is 458 g/mol. The maximum atomic E-state index is 13.0. The minimum Gasteiger partial charge on any atom is -0.493 e. The number of esters is 1. The lowest BCUT2D eigenvalue weighted by Gasteiger charge is -2.39. The number of ether oxygens (including phenoxy) is 7. The molecule has 2 aromatic carbocycles. The van der Waals surface area contributed by atoms with Crippen LogP contribution >= 0.6 is 0 Å². The maximum Gasteiger partial charge on any atom is 0.310 e. The van der Waals surface area contributed by atoms with Gasteiger partial charge in [-0.25, -0.2) is 0 Å². The fourth-order valence-corrected chi connectivity index (χ4v) is 5.19. The number of methoxy groups -OCH3 is 3. The summed E-state index contributed by atoms with van der Waals surface area (Å²) in [7, 11) is 4.66. The summed E-state index contributed by atoms with van der Waals surface area (Å²) in [5, 5.41) is 9.38. The van der Waals surface area contributed by atoms with E-state index in [0.717, 1.165) is 16.7 Å². The van der Waals surface area contributed by atoms with Crippen molar-refractivity contribution in [2.45, 2.75) is 12.0 Å². The predicted octanol–water partition coefficient (Wildman–Crippen LogP) is 2.43. The third-order valence-corrected chi connectivity index (χ3v) is 6.55. The van der Waals surface area contributed by atoms with E-state index in [0.29, 0.717) is 28.7 Å². The normalized spacial score (nSPS) is 24.7. The molecule has 0 bridgehead atoms. The van der Waals surface area contributed by atoms with Gasteiger partial charge in [0.25, 0.3) is 0 Å². The summed E-state index contributed by atoms with van der Waals surface area (Å²) in [5.41, 5.74) is 2.57. The van der Waals surface area contributed by atoms with Crippen molar-refractivity contribution in [2.24, 2.45) is 11.8 Å². The molecule has 33 heavy (non-hydrogen) atoms. The molecule has 1 fully saturated rings. The van der Waals surface area contributed by atoms with Gasteiger partial charge in [0.15, 0.2) is 23.0 Å². The van der Waals surface area contributed by atoms with Crippen LogP contribution in [-0.4, -0.2) is 59.0 Å². The van der Waals surface area contributed by atoms with Crippen molar-refractivity contribution in [2.75, 3.05) is 47.9 Å². The van der Waals surface area contributed by atoms with E-state index in [1.807, 2.05) is 24.3 Å². The van der Waals surface area contributed by atoms with E-state index in [1.54, 1.807) is 21.3 Å². The highest BCUT2D eigenvalue weighted by molar-refractivity contribution is 5.79. The van der Waals surface area contributed by atoms with Crippen LogP contribution in [0.15, 0.2) is 24.3 Å². The zero-order chi connectivity index (χ0) is 23.1. The molecule has 1 N–H and O–H groups in total. The zero-order valence-electron chi connectivity index (χ0n) is 18.7. The number of benzene rings is 2. The standard InChI is InChI=1S/C24H26O9/c1-27-18-6-12(7-19(28-2)23(18)29-3)20-13-8-16-17(33-11-32-16)9-14(13)22(30-5-4-25)15-10-31-24(26)21(15)20/h6-9,15,20-22,25H,4-5,10-11H2,1-3H3/t15-,20+,21-,22-/m0/s1. The van der Waals surface area contributed by atoms with Gasteiger partial charge in [-0.05, 0) is 41.0 Å². The minimum absolute atomic E-state index is 0.126. The van der Waals surface area contributed by atoms with Crippen LogP contribution in [0.4, 0.5) is 0 Å². The molecule has 1 aliphatic carbocycles. The van der Waals surface area contributed by atoms with E-state index in [2.05, 4.69) is 0 Å². The van der Waals surface area contributed by atoms with Crippen molar-refractivity contribution in [3.8, 4) is 28.7 Å². The SMILES string of the molecule is COc1cc([C@@H]2c3cc4c(cc3[C@H](OCCO)[C@H]3COC(=O)[C@H]23)OCO4)cc(OC)c1OC. The topological polar surface area (TPSA) is 102 Å². The van der Waals surface area contributed by atoms with Gasteiger partial charge in [0.2, 0.25) is 12.5 Å². The summed E-state index contributed by atoms with van der Waals surface area (Å²) in [6.07, 6.45) is -0.434. The summed E-state index contributed by atoms with van der Waals surface area (Å²) >= 11 is 0. The van der Waals surface area contributed by atoms with Gasteiger partial charge < -0.3 is 38.3 Å². The average Bonchev–Trinajstić information content (AvgIpc) is 3.45. The summed E-state index contributed by atoms with van der Waals surface area (Å²) < 4.78 is 39.4. The smallest absolute Gasteiger partial charge is 0.310 e. The third-order valence-electron chi connectivity index (χ3n) is 6.55. The predicted molar refractivity (Wildman–Crippen MR) is 114 cm³/mol. The lowest BCUT2D eigenvalue weighted by atomic mass is 9.66. The average molecular weight is 458 g/mol. The molecule has 0 radical (unpaired) electrons. The van der Waals surface area contributed by atoms with Crippen LogP contribution in [0.2, 0.25) is 0 Å². The molecule has 0 spiro atoms. The van der Waals surface area contributed by atoms with Gasteiger partial charge in [0.05, 0.1) is 53.2 Å². The second-order valence-electron chi connectivity index (χ2n) is 8.11. The lowest BCUT2D eigenvalue weighted by Crippen LogP contribution is -2.36. The van der Waals surface area contributed by atoms with Gasteiger partial charge in [-0.15, -0.1) is 0 Å². The van der Waals surface area contributed by atoms with Crippen LogP contribution in [-0.2, 0) is 14.3 Å². The molecule has 176 valence electrons. The van der Waals surface area contributed by atoms with Crippen molar-refractivity contribution in [3.63, 3.8) is 0 Å². The Morgan fingerprint density at radius 2 is 1.61 bits per heavy atom. The van der Waals surface area contributed by atoms with Crippen LogP contribution in [0.25, 0.3) is 0 Å². The van der Waals surface area contributed by atoms with Crippen molar-refractivity contribution in [1.82, 2.24) is 0 Å². The number of hydrogen-bond acceptors (Lipinski definition) is 9. The van der Waals surface area contributed by atoms with Crippen LogP contribution < -0.4 is 23.7 Å². The summed E-state index contributed by atoms with van der Waals surface area (Å²) in [5.74, 6) is 1.31. The molecule has 0 amide bonds. The quantitative estimate of drug-likeness (QED) is 0.627. The van der Waals surface area contributed by atoms with E-state index in [9.17, 15) is 9.90 Å². The van der Waals surface area contributed by atoms with Crippen LogP contribution in [0.3, 0.4) is 0 Å². The number of fused-ring (bicyclic) bond motifs is 3. The number of carbonyl (C=O) groups excluding carboxylic acids is 1. The number of cyclic esters (lactones) is 1. The first-order chi connectivity index (χ1) is 16.1. The van der Waals surface area contributed by atoms with Gasteiger partial charge in [-0.1, -0.05) is 0 Å². The first kappa shape index (κ1) is 21.7. The number of aliphatic hydroxyl groups excluding tert-OH is 1. The molecule has 5 rings (SSSR count). The molecular formula is C24H26O9. The van der Waals surface area contributed by atoms with E-state index >= 15 is 0 Å². The highest BCUT2D eigenvalue weighted by atomic mass is 16.7.